The predicted molar refractivity (Wildman–Crippen MR) is 93.8 cm³/mol. The molecular weight excluding hydrogens is 300 g/mol. The lowest BCUT2D eigenvalue weighted by Gasteiger charge is -2.33. The highest BCUT2D eigenvalue weighted by Gasteiger charge is 2.40. The Labute approximate surface area is 144 Å². The number of aryl methyl sites for hydroxylation is 1. The van der Waals surface area contributed by atoms with Crippen LogP contribution in [0, 0.1) is 17.8 Å². The highest BCUT2D eigenvalue weighted by Crippen LogP contribution is 2.38. The largest absolute Gasteiger partial charge is 0.342 e. The topological polar surface area (TPSA) is 49.3 Å². The molecule has 0 spiro atoms. The first kappa shape index (κ1) is 15.9. The molecule has 24 heavy (non-hydrogen) atoms. The number of nitrogens with zero attached hydrogens (tertiary/aromatic N) is 4. The molecule has 1 aliphatic carbocycles. The van der Waals surface area contributed by atoms with Gasteiger partial charge in [0.25, 0.3) is 0 Å². The Kier molecular flexibility index (Phi) is 4.42. The SMILES string of the molecule is CCc1cnc(N2CCC(C(=O)N3CC4CCCC4C3)CC2)nc1. The second-order valence-corrected chi connectivity index (χ2v) is 7.70. The number of likely N-dealkylation sites (tertiary alicyclic amines) is 1. The summed E-state index contributed by atoms with van der Waals surface area (Å²) in [6.07, 6.45) is 10.7. The van der Waals surface area contributed by atoms with Crippen LogP contribution in [-0.4, -0.2) is 47.0 Å². The van der Waals surface area contributed by atoms with Crippen LogP contribution >= 0.6 is 0 Å². The number of carbonyl (C=O) groups excluding carboxylic acids is 1. The molecule has 0 bridgehead atoms. The van der Waals surface area contributed by atoms with Crippen LogP contribution in [0.5, 0.6) is 0 Å². The van der Waals surface area contributed by atoms with Crippen molar-refractivity contribution in [2.24, 2.45) is 17.8 Å². The van der Waals surface area contributed by atoms with Crippen molar-refractivity contribution in [3.8, 4) is 0 Å². The standard InChI is InChI=1S/C19H28N4O/c1-2-14-10-20-19(21-11-14)22-8-6-15(7-9-22)18(24)23-12-16-4-3-5-17(16)13-23/h10-11,15-17H,2-9,12-13H2,1H3. The van der Waals surface area contributed by atoms with Crippen molar-refractivity contribution in [2.75, 3.05) is 31.1 Å². The van der Waals surface area contributed by atoms with Crippen LogP contribution in [0.15, 0.2) is 12.4 Å². The van der Waals surface area contributed by atoms with Crippen LogP contribution in [0.25, 0.3) is 0 Å². The van der Waals surface area contributed by atoms with Gasteiger partial charge in [-0.15, -0.1) is 0 Å². The van der Waals surface area contributed by atoms with E-state index in [4.69, 9.17) is 0 Å². The van der Waals surface area contributed by atoms with Crippen LogP contribution in [0.1, 0.15) is 44.6 Å². The van der Waals surface area contributed by atoms with Crippen molar-refractivity contribution in [1.29, 1.82) is 0 Å². The van der Waals surface area contributed by atoms with Gasteiger partial charge in [-0.3, -0.25) is 4.79 Å². The third kappa shape index (κ3) is 3.01. The average Bonchev–Trinajstić information content (AvgIpc) is 3.23. The summed E-state index contributed by atoms with van der Waals surface area (Å²) in [7, 11) is 0. The van der Waals surface area contributed by atoms with Crippen LogP contribution in [0.3, 0.4) is 0 Å². The first-order chi connectivity index (χ1) is 11.7. The highest BCUT2D eigenvalue weighted by atomic mass is 16.2. The summed E-state index contributed by atoms with van der Waals surface area (Å²) in [5, 5.41) is 0. The number of carbonyl (C=O) groups is 1. The zero-order chi connectivity index (χ0) is 16.5. The Morgan fingerprint density at radius 2 is 1.71 bits per heavy atom. The van der Waals surface area contributed by atoms with Gasteiger partial charge in [0, 0.05) is 44.5 Å². The maximum absolute atomic E-state index is 12.8. The average molecular weight is 328 g/mol. The van der Waals surface area contributed by atoms with E-state index in [-0.39, 0.29) is 5.92 Å². The Balaban J connectivity index is 1.31. The number of anilines is 1. The second kappa shape index (κ2) is 6.69. The van der Waals surface area contributed by atoms with Gasteiger partial charge in [0.2, 0.25) is 11.9 Å². The van der Waals surface area contributed by atoms with Crippen molar-refractivity contribution in [3.05, 3.63) is 18.0 Å². The number of hydrogen-bond donors (Lipinski definition) is 0. The molecule has 2 unspecified atom stereocenters. The number of rotatable bonds is 3. The van der Waals surface area contributed by atoms with Gasteiger partial charge in [-0.2, -0.15) is 0 Å². The highest BCUT2D eigenvalue weighted by molar-refractivity contribution is 5.79. The van der Waals surface area contributed by atoms with Gasteiger partial charge in [0.05, 0.1) is 0 Å². The molecule has 0 N–H and O–H groups in total. The van der Waals surface area contributed by atoms with Crippen LogP contribution in [-0.2, 0) is 11.2 Å². The van der Waals surface area contributed by atoms with E-state index in [0.717, 1.165) is 63.2 Å². The Morgan fingerprint density at radius 3 is 2.29 bits per heavy atom. The fourth-order valence-electron chi connectivity index (χ4n) is 4.69. The molecule has 2 atom stereocenters. The first-order valence-electron chi connectivity index (χ1n) is 9.59. The summed E-state index contributed by atoms with van der Waals surface area (Å²) in [4.78, 5) is 26.2. The molecular formula is C19H28N4O. The first-order valence-corrected chi connectivity index (χ1v) is 9.59. The Morgan fingerprint density at radius 1 is 1.08 bits per heavy atom. The van der Waals surface area contributed by atoms with Gasteiger partial charge < -0.3 is 9.80 Å². The number of amides is 1. The summed E-state index contributed by atoms with van der Waals surface area (Å²) < 4.78 is 0. The predicted octanol–water partition coefficient (Wildman–Crippen LogP) is 2.51. The number of fused-ring (bicyclic) bond motifs is 1. The van der Waals surface area contributed by atoms with Crippen molar-refractivity contribution >= 4 is 11.9 Å². The van der Waals surface area contributed by atoms with Crippen molar-refractivity contribution < 1.29 is 4.79 Å². The van der Waals surface area contributed by atoms with E-state index in [1.54, 1.807) is 0 Å². The van der Waals surface area contributed by atoms with Crippen LogP contribution in [0.4, 0.5) is 5.95 Å². The minimum Gasteiger partial charge on any atom is -0.342 e. The van der Waals surface area contributed by atoms with Gasteiger partial charge in [0.1, 0.15) is 0 Å². The molecule has 3 heterocycles. The zero-order valence-corrected chi connectivity index (χ0v) is 14.7. The van der Waals surface area contributed by atoms with E-state index >= 15 is 0 Å². The third-order valence-corrected chi connectivity index (χ3v) is 6.26. The van der Waals surface area contributed by atoms with Crippen LogP contribution in [0.2, 0.25) is 0 Å². The van der Waals surface area contributed by atoms with E-state index < -0.39 is 0 Å². The summed E-state index contributed by atoms with van der Waals surface area (Å²) >= 11 is 0. The van der Waals surface area contributed by atoms with E-state index in [0.29, 0.717) is 5.91 Å². The second-order valence-electron chi connectivity index (χ2n) is 7.70. The zero-order valence-electron chi connectivity index (χ0n) is 14.7. The molecule has 130 valence electrons. The molecule has 0 radical (unpaired) electrons. The summed E-state index contributed by atoms with van der Waals surface area (Å²) in [5.41, 5.74) is 1.17. The van der Waals surface area contributed by atoms with Gasteiger partial charge in [-0.1, -0.05) is 13.3 Å². The monoisotopic (exact) mass is 328 g/mol. The molecule has 5 heteroatoms. The maximum atomic E-state index is 12.8. The van der Waals surface area contributed by atoms with Crippen molar-refractivity contribution in [2.45, 2.75) is 45.4 Å². The summed E-state index contributed by atoms with van der Waals surface area (Å²) in [6.45, 7) is 5.93. The lowest BCUT2D eigenvalue weighted by atomic mass is 9.95. The normalized spacial score (nSPS) is 27.5. The fraction of sp³-hybridized carbons (Fsp3) is 0.737. The summed E-state index contributed by atoms with van der Waals surface area (Å²) in [6, 6.07) is 0. The Hall–Kier alpha value is -1.65. The molecule has 1 saturated carbocycles. The van der Waals surface area contributed by atoms with E-state index in [1.807, 2.05) is 12.4 Å². The molecule has 3 fully saturated rings. The third-order valence-electron chi connectivity index (χ3n) is 6.26. The van der Waals surface area contributed by atoms with Gasteiger partial charge in [0.15, 0.2) is 0 Å². The maximum Gasteiger partial charge on any atom is 0.225 e. The quantitative estimate of drug-likeness (QED) is 0.855. The van der Waals surface area contributed by atoms with E-state index in [9.17, 15) is 4.79 Å². The molecule has 2 aliphatic heterocycles. The molecule has 2 saturated heterocycles. The number of hydrogen-bond acceptors (Lipinski definition) is 4. The molecule has 0 aromatic carbocycles. The van der Waals surface area contributed by atoms with Crippen LogP contribution < -0.4 is 4.90 Å². The minimum absolute atomic E-state index is 0.204. The Bertz CT molecular complexity index is 568. The van der Waals surface area contributed by atoms with Gasteiger partial charge >= 0.3 is 0 Å². The molecule has 4 rings (SSSR count). The smallest absolute Gasteiger partial charge is 0.225 e. The molecule has 1 amide bonds. The molecule has 1 aromatic heterocycles. The van der Waals surface area contributed by atoms with Crippen molar-refractivity contribution in [1.82, 2.24) is 14.9 Å². The lowest BCUT2D eigenvalue weighted by molar-refractivity contribution is -0.135. The van der Waals surface area contributed by atoms with Crippen molar-refractivity contribution in [3.63, 3.8) is 0 Å². The molecule has 5 nitrogen and oxygen atoms in total. The van der Waals surface area contributed by atoms with Gasteiger partial charge in [-0.25, -0.2) is 9.97 Å². The minimum atomic E-state index is 0.204. The fourth-order valence-corrected chi connectivity index (χ4v) is 4.69. The lowest BCUT2D eigenvalue weighted by Crippen LogP contribution is -2.42. The van der Waals surface area contributed by atoms with Gasteiger partial charge in [-0.05, 0) is 49.5 Å². The number of piperidine rings is 1. The molecule has 3 aliphatic rings. The van der Waals surface area contributed by atoms with E-state index in [1.165, 1.54) is 24.8 Å². The summed E-state index contributed by atoms with van der Waals surface area (Å²) in [5.74, 6) is 3.01. The van der Waals surface area contributed by atoms with E-state index in [2.05, 4.69) is 26.7 Å². The number of aromatic nitrogens is 2. The molecule has 1 aromatic rings.